The van der Waals surface area contributed by atoms with Crippen LogP contribution in [0.25, 0.3) is 5.52 Å². The molecule has 0 N–H and O–H groups in total. The van der Waals surface area contributed by atoms with Gasteiger partial charge < -0.3 is 4.90 Å². The lowest BCUT2D eigenvalue weighted by molar-refractivity contribution is 0.778. The van der Waals surface area contributed by atoms with Crippen LogP contribution >= 0.6 is 0 Å². The van der Waals surface area contributed by atoms with Gasteiger partial charge in [0.15, 0.2) is 0 Å². The molecule has 2 aromatic heterocycles. The molecule has 15 heavy (non-hydrogen) atoms. The zero-order chi connectivity index (χ0) is 10.8. The maximum absolute atomic E-state index is 4.50. The minimum atomic E-state index is 0.868. The van der Waals surface area contributed by atoms with Gasteiger partial charge in [0.05, 0.1) is 11.7 Å². The van der Waals surface area contributed by atoms with Gasteiger partial charge in [-0.1, -0.05) is 5.21 Å². The number of aryl methyl sites for hydroxylation is 1. The summed E-state index contributed by atoms with van der Waals surface area (Å²) in [7, 11) is 0. The fourth-order valence-corrected chi connectivity index (χ4v) is 1.68. The number of hydrogen-bond acceptors (Lipinski definition) is 4. The molecule has 5 heteroatoms. The first kappa shape index (κ1) is 9.89. The number of fused-ring (bicyclic) bond motifs is 1. The first-order valence-electron chi connectivity index (χ1n) is 5.19. The van der Waals surface area contributed by atoms with Crippen molar-refractivity contribution in [2.24, 2.45) is 0 Å². The van der Waals surface area contributed by atoms with Gasteiger partial charge in [0, 0.05) is 19.2 Å². The van der Waals surface area contributed by atoms with Crippen LogP contribution in [0.5, 0.6) is 0 Å². The Balaban J connectivity index is 2.52. The molecule has 2 heterocycles. The van der Waals surface area contributed by atoms with Crippen molar-refractivity contribution in [3.63, 3.8) is 0 Å². The third-order valence-corrected chi connectivity index (χ3v) is 2.52. The Hall–Kier alpha value is -1.65. The summed E-state index contributed by atoms with van der Waals surface area (Å²) >= 11 is 0. The molecule has 0 atom stereocenters. The van der Waals surface area contributed by atoms with E-state index in [0.717, 1.165) is 30.2 Å². The van der Waals surface area contributed by atoms with Crippen LogP contribution in [0.15, 0.2) is 12.3 Å². The van der Waals surface area contributed by atoms with E-state index in [1.54, 1.807) is 10.7 Å². The molecule has 0 saturated heterocycles. The van der Waals surface area contributed by atoms with Crippen molar-refractivity contribution in [1.82, 2.24) is 19.8 Å². The van der Waals surface area contributed by atoms with Gasteiger partial charge in [0.2, 0.25) is 0 Å². The Bertz CT molecular complexity index is 458. The van der Waals surface area contributed by atoms with E-state index in [1.807, 2.05) is 13.0 Å². The summed E-state index contributed by atoms with van der Waals surface area (Å²) in [5.41, 5.74) is 0.990. The monoisotopic (exact) mass is 205 g/mol. The Morgan fingerprint density at radius 1 is 1.33 bits per heavy atom. The van der Waals surface area contributed by atoms with E-state index in [4.69, 9.17) is 0 Å². The summed E-state index contributed by atoms with van der Waals surface area (Å²) in [5.74, 6) is 1.86. The molecule has 0 fully saturated rings. The predicted molar refractivity (Wildman–Crippen MR) is 59.1 cm³/mol. The maximum Gasteiger partial charge on any atom is 0.132 e. The van der Waals surface area contributed by atoms with Gasteiger partial charge >= 0.3 is 0 Å². The highest BCUT2D eigenvalue weighted by Crippen LogP contribution is 2.14. The fraction of sp³-hybridized carbons (Fsp3) is 0.500. The van der Waals surface area contributed by atoms with Crippen molar-refractivity contribution in [3.8, 4) is 0 Å². The Morgan fingerprint density at radius 3 is 2.73 bits per heavy atom. The van der Waals surface area contributed by atoms with E-state index in [2.05, 4.69) is 34.0 Å². The van der Waals surface area contributed by atoms with Crippen LogP contribution in [-0.4, -0.2) is 32.9 Å². The summed E-state index contributed by atoms with van der Waals surface area (Å²) in [5, 5.41) is 7.82. The highest BCUT2D eigenvalue weighted by atomic mass is 15.4. The second-order valence-corrected chi connectivity index (χ2v) is 3.40. The quantitative estimate of drug-likeness (QED) is 0.757. The first-order chi connectivity index (χ1) is 7.26. The largest absolute Gasteiger partial charge is 0.357 e. The van der Waals surface area contributed by atoms with Crippen LogP contribution in [-0.2, 0) is 0 Å². The van der Waals surface area contributed by atoms with Gasteiger partial charge in [-0.15, -0.1) is 5.10 Å². The molecule has 0 amide bonds. The van der Waals surface area contributed by atoms with Crippen LogP contribution in [0.2, 0.25) is 0 Å². The SMILES string of the molecule is CCN(CC)c1cc2cnnn2c(C)n1. The Morgan fingerprint density at radius 2 is 2.07 bits per heavy atom. The number of anilines is 1. The molecule has 0 radical (unpaired) electrons. The van der Waals surface area contributed by atoms with Crippen molar-refractivity contribution < 1.29 is 0 Å². The maximum atomic E-state index is 4.50. The summed E-state index contributed by atoms with van der Waals surface area (Å²) < 4.78 is 1.74. The lowest BCUT2D eigenvalue weighted by Gasteiger charge is -2.20. The van der Waals surface area contributed by atoms with E-state index in [1.165, 1.54) is 0 Å². The summed E-state index contributed by atoms with van der Waals surface area (Å²) in [6, 6.07) is 2.01. The first-order valence-corrected chi connectivity index (χ1v) is 5.19. The number of hydrogen-bond donors (Lipinski definition) is 0. The van der Waals surface area contributed by atoms with Crippen molar-refractivity contribution >= 4 is 11.3 Å². The molecule has 0 saturated carbocycles. The Kier molecular flexibility index (Phi) is 2.53. The van der Waals surface area contributed by atoms with Crippen LogP contribution in [0, 0.1) is 6.92 Å². The molecule has 2 aromatic rings. The lowest BCUT2D eigenvalue weighted by Crippen LogP contribution is -2.23. The van der Waals surface area contributed by atoms with Crippen LogP contribution in [0.3, 0.4) is 0 Å². The average Bonchev–Trinajstić information content (AvgIpc) is 2.68. The number of aromatic nitrogens is 4. The second-order valence-electron chi connectivity index (χ2n) is 3.40. The molecule has 0 bridgehead atoms. The van der Waals surface area contributed by atoms with Crippen LogP contribution in [0.1, 0.15) is 19.7 Å². The van der Waals surface area contributed by atoms with Crippen molar-refractivity contribution in [1.29, 1.82) is 0 Å². The molecule has 2 rings (SSSR count). The normalized spacial score (nSPS) is 10.9. The van der Waals surface area contributed by atoms with Gasteiger partial charge in [-0.25, -0.2) is 4.98 Å². The third-order valence-electron chi connectivity index (χ3n) is 2.52. The molecule has 80 valence electrons. The molecule has 0 unspecified atom stereocenters. The highest BCUT2D eigenvalue weighted by Gasteiger charge is 2.07. The van der Waals surface area contributed by atoms with E-state index in [9.17, 15) is 0 Å². The molecule has 0 aliphatic rings. The summed E-state index contributed by atoms with van der Waals surface area (Å²) in [6.45, 7) is 8.11. The highest BCUT2D eigenvalue weighted by molar-refractivity contribution is 5.54. The van der Waals surface area contributed by atoms with Gasteiger partial charge in [0.1, 0.15) is 11.6 Å². The van der Waals surface area contributed by atoms with E-state index < -0.39 is 0 Å². The standard InChI is InChI=1S/C10H15N5/c1-4-14(5-2)10-6-9-7-11-13-15(9)8(3)12-10/h6-7H,4-5H2,1-3H3. The average molecular weight is 205 g/mol. The van der Waals surface area contributed by atoms with Crippen molar-refractivity contribution in [3.05, 3.63) is 18.1 Å². The molecule has 0 aliphatic carbocycles. The van der Waals surface area contributed by atoms with E-state index in [-0.39, 0.29) is 0 Å². The van der Waals surface area contributed by atoms with Gasteiger partial charge in [-0.05, 0) is 20.8 Å². The van der Waals surface area contributed by atoms with E-state index in [0.29, 0.717) is 0 Å². The van der Waals surface area contributed by atoms with Gasteiger partial charge in [0.25, 0.3) is 0 Å². The van der Waals surface area contributed by atoms with Crippen LogP contribution < -0.4 is 4.90 Å². The van der Waals surface area contributed by atoms with Crippen LogP contribution in [0.4, 0.5) is 5.82 Å². The van der Waals surface area contributed by atoms with E-state index >= 15 is 0 Å². The number of nitrogens with zero attached hydrogens (tertiary/aromatic N) is 5. The number of rotatable bonds is 3. The molecule has 0 aliphatic heterocycles. The van der Waals surface area contributed by atoms with Crippen molar-refractivity contribution in [2.75, 3.05) is 18.0 Å². The molecular weight excluding hydrogens is 190 g/mol. The van der Waals surface area contributed by atoms with Gasteiger partial charge in [-0.3, -0.25) is 0 Å². The fourth-order valence-electron chi connectivity index (χ4n) is 1.68. The molecular formula is C10H15N5. The zero-order valence-corrected chi connectivity index (χ0v) is 9.30. The zero-order valence-electron chi connectivity index (χ0n) is 9.30. The molecule has 0 aromatic carbocycles. The smallest absolute Gasteiger partial charge is 0.132 e. The summed E-state index contributed by atoms with van der Waals surface area (Å²) in [4.78, 5) is 6.71. The Labute approximate surface area is 88.7 Å². The van der Waals surface area contributed by atoms with Crippen molar-refractivity contribution in [2.45, 2.75) is 20.8 Å². The summed E-state index contributed by atoms with van der Waals surface area (Å²) in [6.07, 6.45) is 1.75. The molecule has 5 nitrogen and oxygen atoms in total. The topological polar surface area (TPSA) is 46.3 Å². The minimum absolute atomic E-state index is 0.868. The predicted octanol–water partition coefficient (Wildman–Crippen LogP) is 1.28. The third kappa shape index (κ3) is 1.65. The lowest BCUT2D eigenvalue weighted by atomic mass is 10.4. The molecule has 0 spiro atoms. The minimum Gasteiger partial charge on any atom is -0.357 e. The van der Waals surface area contributed by atoms with Gasteiger partial charge in [-0.2, -0.15) is 4.52 Å². The second kappa shape index (κ2) is 3.84.